The van der Waals surface area contributed by atoms with Crippen molar-refractivity contribution in [3.8, 4) is 0 Å². The maximum absolute atomic E-state index is 12.7. The first-order valence-electron chi connectivity index (χ1n) is 5.77. The topological polar surface area (TPSA) is 80.3 Å². The highest BCUT2D eigenvalue weighted by Gasteiger charge is 2.27. The van der Waals surface area contributed by atoms with Crippen LogP contribution in [-0.2, 0) is 19.9 Å². The fourth-order valence-corrected chi connectivity index (χ4v) is 4.71. The van der Waals surface area contributed by atoms with Gasteiger partial charge in [-0.15, -0.1) is 0 Å². The molecule has 1 aliphatic rings. The van der Waals surface area contributed by atoms with Crippen LogP contribution in [0.15, 0.2) is 29.2 Å². The van der Waals surface area contributed by atoms with E-state index in [-0.39, 0.29) is 29.2 Å². The molecule has 106 valence electrons. The monoisotopic (exact) mass is 307 g/mol. The molecule has 8 heteroatoms. The van der Waals surface area contributed by atoms with Gasteiger partial charge in [0.25, 0.3) is 0 Å². The molecule has 0 amide bonds. The van der Waals surface area contributed by atoms with Crippen LogP contribution in [0.4, 0.5) is 4.39 Å². The van der Waals surface area contributed by atoms with Crippen LogP contribution < -0.4 is 4.72 Å². The van der Waals surface area contributed by atoms with Crippen LogP contribution in [0.3, 0.4) is 0 Å². The standard InChI is InChI=1S/C11H14FNO4S2/c12-9-1-3-11(4-2-9)19(16,17)13-10-5-7-18(14,15)8-6-10/h1-4,10,13H,5-8H2. The zero-order valence-electron chi connectivity index (χ0n) is 10.0. The van der Waals surface area contributed by atoms with Gasteiger partial charge in [0, 0.05) is 6.04 Å². The average Bonchev–Trinajstić information content (AvgIpc) is 2.32. The van der Waals surface area contributed by atoms with E-state index in [2.05, 4.69) is 4.72 Å². The first-order valence-corrected chi connectivity index (χ1v) is 9.07. The molecule has 1 aliphatic heterocycles. The molecule has 5 nitrogen and oxygen atoms in total. The van der Waals surface area contributed by atoms with Crippen molar-refractivity contribution in [2.75, 3.05) is 11.5 Å². The van der Waals surface area contributed by atoms with E-state index >= 15 is 0 Å². The summed E-state index contributed by atoms with van der Waals surface area (Å²) in [7, 11) is -6.75. The van der Waals surface area contributed by atoms with Gasteiger partial charge in [-0.1, -0.05) is 0 Å². The number of nitrogens with one attached hydrogen (secondary N) is 1. The van der Waals surface area contributed by atoms with Crippen molar-refractivity contribution in [1.82, 2.24) is 4.72 Å². The van der Waals surface area contributed by atoms with E-state index < -0.39 is 31.7 Å². The third-order valence-corrected chi connectivity index (χ3v) is 6.25. The number of hydrogen-bond donors (Lipinski definition) is 1. The third-order valence-electron chi connectivity index (χ3n) is 3.00. The predicted molar refractivity (Wildman–Crippen MR) is 68.4 cm³/mol. The van der Waals surface area contributed by atoms with Crippen LogP contribution in [0.1, 0.15) is 12.8 Å². The Morgan fingerprint density at radius 3 is 2.16 bits per heavy atom. The van der Waals surface area contributed by atoms with Crippen LogP contribution in [0.2, 0.25) is 0 Å². The minimum Gasteiger partial charge on any atom is -0.229 e. The molecule has 0 bridgehead atoms. The Hall–Kier alpha value is -0.990. The second-order valence-corrected chi connectivity index (χ2v) is 8.52. The highest BCUT2D eigenvalue weighted by molar-refractivity contribution is 7.91. The Labute approximate surface area is 111 Å². The van der Waals surface area contributed by atoms with Gasteiger partial charge in [0.05, 0.1) is 16.4 Å². The lowest BCUT2D eigenvalue weighted by atomic mass is 10.2. The summed E-state index contributed by atoms with van der Waals surface area (Å²) in [6, 6.07) is 4.10. The fourth-order valence-electron chi connectivity index (χ4n) is 1.91. The Balaban J connectivity index is 2.08. The molecule has 1 fully saturated rings. The largest absolute Gasteiger partial charge is 0.240 e. The lowest BCUT2D eigenvalue weighted by molar-refractivity contribution is 0.505. The lowest BCUT2D eigenvalue weighted by Gasteiger charge is -2.22. The van der Waals surface area contributed by atoms with Crippen molar-refractivity contribution in [2.45, 2.75) is 23.8 Å². The minimum atomic E-state index is -3.73. The van der Waals surface area contributed by atoms with Crippen molar-refractivity contribution in [3.05, 3.63) is 30.1 Å². The molecule has 0 spiro atoms. The number of rotatable bonds is 3. The number of halogens is 1. The molecular formula is C11H14FNO4S2. The number of sulfone groups is 1. The molecule has 1 aromatic carbocycles. The first-order chi connectivity index (χ1) is 8.78. The second kappa shape index (κ2) is 5.18. The van der Waals surface area contributed by atoms with Gasteiger partial charge >= 0.3 is 0 Å². The van der Waals surface area contributed by atoms with Crippen molar-refractivity contribution < 1.29 is 21.2 Å². The zero-order valence-corrected chi connectivity index (χ0v) is 11.7. The van der Waals surface area contributed by atoms with Crippen LogP contribution in [-0.4, -0.2) is 34.4 Å². The van der Waals surface area contributed by atoms with Crippen LogP contribution in [0, 0.1) is 5.82 Å². The Morgan fingerprint density at radius 1 is 1.11 bits per heavy atom. The third kappa shape index (κ3) is 3.74. The molecule has 0 atom stereocenters. The highest BCUT2D eigenvalue weighted by atomic mass is 32.2. The van der Waals surface area contributed by atoms with Crippen LogP contribution >= 0.6 is 0 Å². The molecular weight excluding hydrogens is 293 g/mol. The summed E-state index contributed by atoms with van der Waals surface area (Å²) in [4.78, 5) is -0.0256. The number of benzene rings is 1. The van der Waals surface area contributed by atoms with E-state index in [0.29, 0.717) is 0 Å². The molecule has 0 radical (unpaired) electrons. The van der Waals surface area contributed by atoms with Crippen molar-refractivity contribution in [2.24, 2.45) is 0 Å². The van der Waals surface area contributed by atoms with Gasteiger partial charge in [-0.05, 0) is 37.1 Å². The molecule has 0 unspecified atom stereocenters. The molecule has 2 rings (SSSR count). The van der Waals surface area contributed by atoms with E-state index in [1.165, 1.54) is 12.1 Å². The van der Waals surface area contributed by atoms with E-state index in [1.54, 1.807) is 0 Å². The molecule has 1 saturated heterocycles. The summed E-state index contributed by atoms with van der Waals surface area (Å²) in [6.07, 6.45) is 0.533. The summed E-state index contributed by atoms with van der Waals surface area (Å²) in [5.74, 6) is -0.532. The Morgan fingerprint density at radius 2 is 1.63 bits per heavy atom. The SMILES string of the molecule is O=S1(=O)CCC(NS(=O)(=O)c2ccc(F)cc2)CC1. The maximum atomic E-state index is 12.7. The molecule has 0 saturated carbocycles. The molecule has 19 heavy (non-hydrogen) atoms. The minimum absolute atomic E-state index is 0.0103. The summed E-state index contributed by atoms with van der Waals surface area (Å²) in [5, 5.41) is 0. The van der Waals surface area contributed by atoms with Gasteiger partial charge in [-0.25, -0.2) is 25.9 Å². The zero-order chi connectivity index (χ0) is 14.1. The van der Waals surface area contributed by atoms with Gasteiger partial charge in [0.2, 0.25) is 10.0 Å². The molecule has 1 aromatic rings. The van der Waals surface area contributed by atoms with Crippen LogP contribution in [0.5, 0.6) is 0 Å². The number of sulfonamides is 1. The molecule has 1 heterocycles. The maximum Gasteiger partial charge on any atom is 0.240 e. The Bertz CT molecular complexity index is 638. The summed E-state index contributed by atoms with van der Waals surface area (Å²) in [5.41, 5.74) is 0. The van der Waals surface area contributed by atoms with Gasteiger partial charge < -0.3 is 0 Å². The molecule has 0 aromatic heterocycles. The average molecular weight is 307 g/mol. The van der Waals surface area contributed by atoms with Gasteiger partial charge in [0.15, 0.2) is 0 Å². The second-order valence-electron chi connectivity index (χ2n) is 4.50. The molecule has 0 aliphatic carbocycles. The van der Waals surface area contributed by atoms with Gasteiger partial charge in [-0.3, -0.25) is 0 Å². The van der Waals surface area contributed by atoms with E-state index in [4.69, 9.17) is 0 Å². The molecule has 1 N–H and O–H groups in total. The van der Waals surface area contributed by atoms with E-state index in [1.807, 2.05) is 0 Å². The van der Waals surface area contributed by atoms with Crippen LogP contribution in [0.25, 0.3) is 0 Å². The quantitative estimate of drug-likeness (QED) is 0.890. The summed E-state index contributed by atoms with van der Waals surface area (Å²) in [6.45, 7) is 0. The first kappa shape index (κ1) is 14.4. The normalized spacial score (nSPS) is 20.3. The van der Waals surface area contributed by atoms with E-state index in [0.717, 1.165) is 12.1 Å². The van der Waals surface area contributed by atoms with Crippen molar-refractivity contribution in [1.29, 1.82) is 0 Å². The highest BCUT2D eigenvalue weighted by Crippen LogP contribution is 2.16. The van der Waals surface area contributed by atoms with E-state index in [9.17, 15) is 21.2 Å². The smallest absolute Gasteiger partial charge is 0.229 e. The number of hydrogen-bond acceptors (Lipinski definition) is 4. The van der Waals surface area contributed by atoms with Crippen molar-refractivity contribution >= 4 is 19.9 Å². The predicted octanol–water partition coefficient (Wildman–Crippen LogP) is 0.681. The van der Waals surface area contributed by atoms with Gasteiger partial charge in [-0.2, -0.15) is 0 Å². The summed E-state index contributed by atoms with van der Waals surface area (Å²) >= 11 is 0. The van der Waals surface area contributed by atoms with Crippen molar-refractivity contribution in [3.63, 3.8) is 0 Å². The fraction of sp³-hybridized carbons (Fsp3) is 0.455. The van der Waals surface area contributed by atoms with Gasteiger partial charge in [0.1, 0.15) is 15.7 Å². The Kier molecular flexibility index (Phi) is 3.93. The lowest BCUT2D eigenvalue weighted by Crippen LogP contribution is -2.40. The summed E-state index contributed by atoms with van der Waals surface area (Å²) < 4.78 is 61.7.